The molecular formula is C17H15NO. The maximum atomic E-state index is 12.1. The molecule has 1 atom stereocenters. The van der Waals surface area contributed by atoms with Gasteiger partial charge in [-0.15, -0.1) is 0 Å². The Morgan fingerprint density at radius 2 is 1.89 bits per heavy atom. The number of benzene rings is 2. The van der Waals surface area contributed by atoms with E-state index in [-0.39, 0.29) is 18.1 Å². The molecule has 0 saturated heterocycles. The summed E-state index contributed by atoms with van der Waals surface area (Å²) in [6.45, 7) is 1.98. The first-order chi connectivity index (χ1) is 9.20. The molecule has 2 aromatic carbocycles. The lowest BCUT2D eigenvalue weighted by atomic mass is 9.92. The van der Waals surface area contributed by atoms with Gasteiger partial charge in [-0.1, -0.05) is 60.2 Å². The van der Waals surface area contributed by atoms with Crippen molar-refractivity contribution in [2.24, 2.45) is 0 Å². The van der Waals surface area contributed by atoms with E-state index in [0.717, 1.165) is 11.1 Å². The number of ketones is 1. The molecule has 2 heteroatoms. The van der Waals surface area contributed by atoms with Crippen LogP contribution in [-0.2, 0) is 0 Å². The van der Waals surface area contributed by atoms with E-state index >= 15 is 0 Å². The Bertz CT molecular complexity index is 611. The topological polar surface area (TPSA) is 40.9 Å². The summed E-state index contributed by atoms with van der Waals surface area (Å²) < 4.78 is 0. The van der Waals surface area contributed by atoms with Crippen molar-refractivity contribution in [2.45, 2.75) is 19.3 Å². The zero-order chi connectivity index (χ0) is 13.7. The van der Waals surface area contributed by atoms with E-state index in [0.29, 0.717) is 5.56 Å². The van der Waals surface area contributed by atoms with Gasteiger partial charge >= 0.3 is 0 Å². The lowest BCUT2D eigenvalue weighted by Gasteiger charge is -2.09. The molecule has 2 rings (SSSR count). The number of nitrogens with zero attached hydrogens (tertiary/aromatic N) is 1. The Kier molecular flexibility index (Phi) is 4.10. The second kappa shape index (κ2) is 5.97. The predicted octanol–water partition coefficient (Wildman–Crippen LogP) is 3.88. The van der Waals surface area contributed by atoms with E-state index in [1.54, 1.807) is 12.1 Å². The molecule has 0 aromatic heterocycles. The Hall–Kier alpha value is -2.40. The van der Waals surface area contributed by atoms with Crippen LogP contribution in [0.15, 0.2) is 54.6 Å². The summed E-state index contributed by atoms with van der Waals surface area (Å²) in [5, 5.41) is 9.26. The van der Waals surface area contributed by atoms with Crippen LogP contribution in [0.4, 0.5) is 0 Å². The molecule has 0 spiro atoms. The first kappa shape index (κ1) is 13.0. The molecule has 0 aliphatic rings. The minimum atomic E-state index is -0.382. The van der Waals surface area contributed by atoms with Gasteiger partial charge in [0.05, 0.1) is 12.0 Å². The molecule has 94 valence electrons. The Morgan fingerprint density at radius 1 is 1.16 bits per heavy atom. The highest BCUT2D eigenvalue weighted by molar-refractivity contribution is 5.96. The van der Waals surface area contributed by atoms with Crippen molar-refractivity contribution in [3.63, 3.8) is 0 Å². The summed E-state index contributed by atoms with van der Waals surface area (Å²) in [5.74, 6) is -0.374. The van der Waals surface area contributed by atoms with Crippen molar-refractivity contribution in [1.29, 1.82) is 5.26 Å². The van der Waals surface area contributed by atoms with Crippen molar-refractivity contribution in [2.75, 3.05) is 0 Å². The summed E-state index contributed by atoms with van der Waals surface area (Å²) in [4.78, 5) is 12.1. The van der Waals surface area contributed by atoms with E-state index in [1.165, 1.54) is 0 Å². The van der Waals surface area contributed by atoms with Gasteiger partial charge in [-0.05, 0) is 12.5 Å². The zero-order valence-electron chi connectivity index (χ0n) is 10.8. The highest BCUT2D eigenvalue weighted by Crippen LogP contribution is 2.22. The molecule has 0 aliphatic heterocycles. The molecular weight excluding hydrogens is 234 g/mol. The average molecular weight is 249 g/mol. The van der Waals surface area contributed by atoms with Crippen molar-refractivity contribution in [3.05, 3.63) is 71.3 Å². The third-order valence-corrected chi connectivity index (χ3v) is 3.09. The molecule has 0 fully saturated rings. The van der Waals surface area contributed by atoms with Crippen LogP contribution in [0.1, 0.15) is 33.8 Å². The number of carbonyl (C=O) groups excluding carboxylic acids is 1. The van der Waals surface area contributed by atoms with Gasteiger partial charge in [0.2, 0.25) is 0 Å². The molecule has 0 radical (unpaired) electrons. The molecule has 2 aromatic rings. The quantitative estimate of drug-likeness (QED) is 0.772. The van der Waals surface area contributed by atoms with Crippen molar-refractivity contribution in [1.82, 2.24) is 0 Å². The van der Waals surface area contributed by atoms with E-state index in [1.807, 2.05) is 49.4 Å². The summed E-state index contributed by atoms with van der Waals surface area (Å²) in [5.41, 5.74) is 2.67. The predicted molar refractivity (Wildman–Crippen MR) is 74.9 cm³/mol. The van der Waals surface area contributed by atoms with Crippen LogP contribution in [0, 0.1) is 18.3 Å². The number of Topliss-reactive ketones (excluding diaryl/α,β-unsaturated/α-hetero) is 1. The Balaban J connectivity index is 2.17. The number of rotatable bonds is 4. The minimum absolute atomic E-state index is 0.00801. The Morgan fingerprint density at radius 3 is 2.53 bits per heavy atom. The zero-order valence-corrected chi connectivity index (χ0v) is 10.8. The minimum Gasteiger partial charge on any atom is -0.294 e. The van der Waals surface area contributed by atoms with Gasteiger partial charge in [0.15, 0.2) is 5.78 Å². The fraction of sp³-hybridized carbons (Fsp3) is 0.176. The number of hydrogen-bond donors (Lipinski definition) is 0. The van der Waals surface area contributed by atoms with Gasteiger partial charge in [0, 0.05) is 12.0 Å². The summed E-state index contributed by atoms with van der Waals surface area (Å²) in [6, 6.07) is 19.1. The fourth-order valence-corrected chi connectivity index (χ4v) is 2.05. The number of carbonyl (C=O) groups is 1. The first-order valence-corrected chi connectivity index (χ1v) is 6.25. The summed E-state index contributed by atoms with van der Waals surface area (Å²) in [7, 11) is 0. The number of nitriles is 1. The molecule has 0 N–H and O–H groups in total. The molecule has 0 aliphatic carbocycles. The van der Waals surface area contributed by atoms with Gasteiger partial charge in [-0.25, -0.2) is 0 Å². The molecule has 19 heavy (non-hydrogen) atoms. The van der Waals surface area contributed by atoms with E-state index in [4.69, 9.17) is 0 Å². The normalized spacial score (nSPS) is 11.6. The summed E-state index contributed by atoms with van der Waals surface area (Å²) in [6.07, 6.45) is 0.226. The fourth-order valence-electron chi connectivity index (χ4n) is 2.05. The first-order valence-electron chi connectivity index (χ1n) is 6.25. The molecule has 2 nitrogen and oxygen atoms in total. The standard InChI is InChI=1S/C17H15NO/c1-13-6-5-9-15(10-13)16(12-18)11-17(19)14-7-3-2-4-8-14/h2-10,16H,11H2,1H3. The maximum Gasteiger partial charge on any atom is 0.164 e. The lowest BCUT2D eigenvalue weighted by molar-refractivity contribution is 0.0979. The number of hydrogen-bond acceptors (Lipinski definition) is 2. The van der Waals surface area contributed by atoms with Gasteiger partial charge in [0.25, 0.3) is 0 Å². The maximum absolute atomic E-state index is 12.1. The lowest BCUT2D eigenvalue weighted by Crippen LogP contribution is -2.06. The van der Waals surface area contributed by atoms with Crippen LogP contribution in [-0.4, -0.2) is 5.78 Å². The van der Waals surface area contributed by atoms with Crippen LogP contribution < -0.4 is 0 Å². The smallest absolute Gasteiger partial charge is 0.164 e. The van der Waals surface area contributed by atoms with Crippen LogP contribution in [0.2, 0.25) is 0 Å². The van der Waals surface area contributed by atoms with Gasteiger partial charge < -0.3 is 0 Å². The Labute approximate surface area is 113 Å². The summed E-state index contributed by atoms with van der Waals surface area (Å²) >= 11 is 0. The number of aryl methyl sites for hydroxylation is 1. The molecule has 0 heterocycles. The van der Waals surface area contributed by atoms with Crippen LogP contribution >= 0.6 is 0 Å². The molecule has 0 saturated carbocycles. The average Bonchev–Trinajstić information content (AvgIpc) is 2.45. The largest absolute Gasteiger partial charge is 0.294 e. The van der Waals surface area contributed by atoms with Crippen molar-refractivity contribution in [3.8, 4) is 6.07 Å². The van der Waals surface area contributed by atoms with Crippen LogP contribution in [0.3, 0.4) is 0 Å². The monoisotopic (exact) mass is 249 g/mol. The van der Waals surface area contributed by atoms with E-state index in [9.17, 15) is 10.1 Å². The molecule has 1 unspecified atom stereocenters. The highest BCUT2D eigenvalue weighted by atomic mass is 16.1. The molecule has 0 amide bonds. The molecule has 0 bridgehead atoms. The SMILES string of the molecule is Cc1cccc(C(C#N)CC(=O)c2ccccc2)c1. The van der Waals surface area contributed by atoms with Crippen LogP contribution in [0.25, 0.3) is 0 Å². The second-order valence-electron chi connectivity index (χ2n) is 4.59. The highest BCUT2D eigenvalue weighted by Gasteiger charge is 2.16. The second-order valence-corrected chi connectivity index (χ2v) is 4.59. The van der Waals surface area contributed by atoms with Gasteiger partial charge in [-0.2, -0.15) is 5.26 Å². The third kappa shape index (κ3) is 3.29. The van der Waals surface area contributed by atoms with Gasteiger partial charge in [0.1, 0.15) is 0 Å². The van der Waals surface area contributed by atoms with E-state index < -0.39 is 0 Å². The van der Waals surface area contributed by atoms with Crippen molar-refractivity contribution < 1.29 is 4.79 Å². The van der Waals surface area contributed by atoms with Gasteiger partial charge in [-0.3, -0.25) is 4.79 Å². The van der Waals surface area contributed by atoms with E-state index in [2.05, 4.69) is 6.07 Å². The van der Waals surface area contributed by atoms with Crippen molar-refractivity contribution >= 4 is 5.78 Å². The van der Waals surface area contributed by atoms with Crippen LogP contribution in [0.5, 0.6) is 0 Å². The third-order valence-electron chi connectivity index (χ3n) is 3.09.